The van der Waals surface area contributed by atoms with Crippen LogP contribution in [0.4, 0.5) is 0 Å². The Labute approximate surface area is 196 Å². The van der Waals surface area contributed by atoms with E-state index in [1.54, 1.807) is 0 Å². The second-order valence-corrected chi connectivity index (χ2v) is 9.57. The molecule has 0 fully saturated rings. The summed E-state index contributed by atoms with van der Waals surface area (Å²) in [5, 5.41) is 7.18. The van der Waals surface area contributed by atoms with E-state index in [1.807, 2.05) is 0 Å². The summed E-state index contributed by atoms with van der Waals surface area (Å²) in [5.74, 6) is 0. The van der Waals surface area contributed by atoms with Gasteiger partial charge in [-0.2, -0.15) is 0 Å². The minimum atomic E-state index is 0.868. The second-order valence-electron chi connectivity index (χ2n) is 7.86. The van der Waals surface area contributed by atoms with Crippen molar-refractivity contribution in [3.8, 4) is 11.1 Å². The van der Waals surface area contributed by atoms with E-state index in [1.165, 1.54) is 43.6 Å². The lowest BCUT2D eigenvalue weighted by Gasteiger charge is -2.10. The summed E-state index contributed by atoms with van der Waals surface area (Å²) in [5.41, 5.74) is 5.46. The van der Waals surface area contributed by atoms with Gasteiger partial charge in [0.05, 0.1) is 8.95 Å². The molecule has 150 valence electrons. The van der Waals surface area contributed by atoms with Crippen molar-refractivity contribution < 1.29 is 4.42 Å². The minimum absolute atomic E-state index is 0.868. The van der Waals surface area contributed by atoms with Gasteiger partial charge in [0.2, 0.25) is 0 Å². The molecule has 0 N–H and O–H groups in total. The largest absolute Gasteiger partial charge is 0.454 e. The summed E-state index contributed by atoms with van der Waals surface area (Å²) < 4.78 is 8.65. The number of hydrogen-bond acceptors (Lipinski definition) is 1. The number of hydrogen-bond donors (Lipinski definition) is 0. The van der Waals surface area contributed by atoms with Crippen molar-refractivity contribution in [2.24, 2.45) is 0 Å². The summed E-state index contributed by atoms with van der Waals surface area (Å²) in [6, 6.07) is 28.1. The summed E-state index contributed by atoms with van der Waals surface area (Å²) in [7, 11) is 0. The molecule has 0 spiro atoms. The predicted molar refractivity (Wildman–Crippen MR) is 139 cm³/mol. The van der Waals surface area contributed by atoms with Crippen LogP contribution in [0, 0.1) is 0 Å². The summed E-state index contributed by atoms with van der Waals surface area (Å²) >= 11 is 7.63. The normalized spacial score (nSPS) is 11.8. The minimum Gasteiger partial charge on any atom is -0.454 e. The lowest BCUT2D eigenvalue weighted by molar-refractivity contribution is 0.659. The third-order valence-electron chi connectivity index (χ3n) is 6.19. The van der Waals surface area contributed by atoms with E-state index in [0.717, 1.165) is 31.9 Å². The van der Waals surface area contributed by atoms with Crippen LogP contribution in [-0.4, -0.2) is 0 Å². The maximum absolute atomic E-state index is 6.70. The second kappa shape index (κ2) is 7.22. The molecule has 3 heteroatoms. The first-order valence-electron chi connectivity index (χ1n) is 10.4. The van der Waals surface area contributed by atoms with Gasteiger partial charge in [0.25, 0.3) is 0 Å². The topological polar surface area (TPSA) is 13.1 Å². The molecule has 6 aromatic rings. The van der Waals surface area contributed by atoms with Crippen LogP contribution in [0.25, 0.3) is 54.6 Å². The smallest absolute Gasteiger partial charge is 0.150 e. The highest BCUT2D eigenvalue weighted by atomic mass is 79.9. The molecule has 0 saturated carbocycles. The number of fused-ring (bicyclic) bond motifs is 1. The third-order valence-corrected chi connectivity index (χ3v) is 7.36. The van der Waals surface area contributed by atoms with Gasteiger partial charge in [-0.1, -0.05) is 73.7 Å². The Morgan fingerprint density at radius 2 is 1.23 bits per heavy atom. The van der Waals surface area contributed by atoms with E-state index in [9.17, 15) is 0 Å². The number of aryl methyl sites for hydroxylation is 1. The Balaban J connectivity index is 1.94. The number of rotatable bonds is 2. The van der Waals surface area contributed by atoms with E-state index < -0.39 is 0 Å². The summed E-state index contributed by atoms with van der Waals surface area (Å²) in [4.78, 5) is 0. The van der Waals surface area contributed by atoms with Gasteiger partial charge in [-0.25, -0.2) is 0 Å². The summed E-state index contributed by atoms with van der Waals surface area (Å²) in [6.45, 7) is 2.20. The first kappa shape index (κ1) is 19.1. The van der Waals surface area contributed by atoms with E-state index >= 15 is 0 Å². The molecule has 0 amide bonds. The van der Waals surface area contributed by atoms with Crippen LogP contribution in [0.1, 0.15) is 12.5 Å². The van der Waals surface area contributed by atoms with Crippen molar-refractivity contribution >= 4 is 75.3 Å². The Morgan fingerprint density at radius 1 is 0.645 bits per heavy atom. The molecule has 0 aliphatic carbocycles. The molecule has 5 aromatic carbocycles. The van der Waals surface area contributed by atoms with Gasteiger partial charge in [0, 0.05) is 10.8 Å². The SMILES string of the molecule is CCc1cc(Br)c2oc3c(Br)cc(-c4ccccc4)c4cccc(c5cccc1c25)c43. The molecule has 1 aromatic heterocycles. The molecule has 1 nitrogen and oxygen atoms in total. The first-order valence-corrected chi connectivity index (χ1v) is 12.0. The maximum atomic E-state index is 6.70. The molecule has 0 saturated heterocycles. The quantitative estimate of drug-likeness (QED) is 0.217. The van der Waals surface area contributed by atoms with Crippen LogP contribution < -0.4 is 0 Å². The maximum Gasteiger partial charge on any atom is 0.150 e. The van der Waals surface area contributed by atoms with Crippen molar-refractivity contribution in [3.05, 3.63) is 93.4 Å². The highest BCUT2D eigenvalue weighted by molar-refractivity contribution is 9.11. The monoisotopic (exact) mass is 528 g/mol. The van der Waals surface area contributed by atoms with Crippen LogP contribution in [0.3, 0.4) is 0 Å². The van der Waals surface area contributed by atoms with Gasteiger partial charge >= 0.3 is 0 Å². The van der Waals surface area contributed by atoms with Crippen LogP contribution in [0.2, 0.25) is 0 Å². The Kier molecular flexibility index (Phi) is 4.45. The van der Waals surface area contributed by atoms with Crippen LogP contribution >= 0.6 is 31.9 Å². The molecule has 0 bridgehead atoms. The molecule has 0 aliphatic heterocycles. The zero-order valence-corrected chi connectivity index (χ0v) is 20.0. The Bertz CT molecular complexity index is 1630. The molecule has 0 aliphatic rings. The first-order chi connectivity index (χ1) is 15.2. The molecule has 1 heterocycles. The van der Waals surface area contributed by atoms with E-state index in [2.05, 4.69) is 118 Å². The standard InChI is InChI=1S/C28H18Br2O/c1-2-16-14-23(29)27-25-18(16)10-6-11-19(25)20-12-7-13-21-22(17-8-4-3-5-9-17)15-24(30)28(31-27)26(20)21/h3-15H,2H2,1H3. The van der Waals surface area contributed by atoms with Gasteiger partial charge < -0.3 is 4.42 Å². The average Bonchev–Trinajstić information content (AvgIpc) is 2.96. The van der Waals surface area contributed by atoms with Crippen molar-refractivity contribution in [1.29, 1.82) is 0 Å². The molecular formula is C28H18Br2O. The van der Waals surface area contributed by atoms with Gasteiger partial charge in [-0.05, 0) is 88.6 Å². The third kappa shape index (κ3) is 2.80. The zero-order valence-electron chi connectivity index (χ0n) is 16.9. The van der Waals surface area contributed by atoms with Gasteiger partial charge in [-0.15, -0.1) is 0 Å². The summed E-state index contributed by atoms with van der Waals surface area (Å²) in [6.07, 6.45) is 0.970. The van der Waals surface area contributed by atoms with E-state index in [0.29, 0.717) is 0 Å². The predicted octanol–water partition coefficient (Wildman–Crippen LogP) is 9.65. The lowest BCUT2D eigenvalue weighted by atomic mass is 9.93. The van der Waals surface area contributed by atoms with Gasteiger partial charge in [-0.3, -0.25) is 0 Å². The fourth-order valence-electron chi connectivity index (χ4n) is 4.79. The van der Waals surface area contributed by atoms with Crippen LogP contribution in [-0.2, 0) is 6.42 Å². The van der Waals surface area contributed by atoms with Crippen molar-refractivity contribution in [1.82, 2.24) is 0 Å². The van der Waals surface area contributed by atoms with Gasteiger partial charge in [0.1, 0.15) is 11.2 Å². The van der Waals surface area contributed by atoms with E-state index in [4.69, 9.17) is 4.42 Å². The van der Waals surface area contributed by atoms with E-state index in [-0.39, 0.29) is 0 Å². The van der Waals surface area contributed by atoms with Crippen molar-refractivity contribution in [2.75, 3.05) is 0 Å². The Hall–Kier alpha value is -2.62. The number of benzene rings is 5. The fraction of sp³-hybridized carbons (Fsp3) is 0.0714. The molecule has 0 atom stereocenters. The average molecular weight is 530 g/mol. The van der Waals surface area contributed by atoms with Crippen molar-refractivity contribution in [2.45, 2.75) is 13.3 Å². The molecule has 0 radical (unpaired) electrons. The van der Waals surface area contributed by atoms with Crippen molar-refractivity contribution in [3.63, 3.8) is 0 Å². The molecule has 31 heavy (non-hydrogen) atoms. The number of halogens is 2. The molecule has 0 unspecified atom stereocenters. The van der Waals surface area contributed by atoms with Crippen LogP contribution in [0.5, 0.6) is 0 Å². The Morgan fingerprint density at radius 3 is 1.90 bits per heavy atom. The lowest BCUT2D eigenvalue weighted by Crippen LogP contribution is -1.86. The zero-order chi connectivity index (χ0) is 21.1. The van der Waals surface area contributed by atoms with Crippen LogP contribution in [0.15, 0.2) is 92.2 Å². The van der Waals surface area contributed by atoms with Gasteiger partial charge in [0.15, 0.2) is 0 Å². The molecular weight excluding hydrogens is 512 g/mol. The fourth-order valence-corrected chi connectivity index (χ4v) is 5.85. The molecule has 6 rings (SSSR count). The highest BCUT2D eigenvalue weighted by Gasteiger charge is 2.18. The highest BCUT2D eigenvalue weighted by Crippen LogP contribution is 2.44.